The fourth-order valence-corrected chi connectivity index (χ4v) is 4.18. The third kappa shape index (κ3) is 4.44. The van der Waals surface area contributed by atoms with Crippen LogP contribution in [0.3, 0.4) is 0 Å². The number of fused-ring (bicyclic) bond motifs is 1. The highest BCUT2D eigenvalue weighted by atomic mass is 16.2. The van der Waals surface area contributed by atoms with Crippen molar-refractivity contribution in [2.75, 3.05) is 18.4 Å². The molecule has 2 amide bonds. The van der Waals surface area contributed by atoms with Crippen molar-refractivity contribution in [3.8, 4) is 0 Å². The average molecular weight is 412 g/mol. The molecule has 0 radical (unpaired) electrons. The molecule has 2 aromatic rings. The fraction of sp³-hybridized carbons (Fsp3) is 0.571. The Bertz CT molecular complexity index is 987. The minimum absolute atomic E-state index is 0.0388. The number of amides is 2. The zero-order valence-corrected chi connectivity index (χ0v) is 17.3. The summed E-state index contributed by atoms with van der Waals surface area (Å²) >= 11 is 0. The third-order valence-corrected chi connectivity index (χ3v) is 5.95. The first-order valence-corrected chi connectivity index (χ1v) is 10.7. The normalized spacial score (nSPS) is 17.3. The number of carbonyl (C=O) groups excluding carboxylic acids is 2. The minimum atomic E-state index is -0.194. The highest BCUT2D eigenvalue weighted by Crippen LogP contribution is 2.20. The highest BCUT2D eigenvalue weighted by molar-refractivity contribution is 5.92. The topological polar surface area (TPSA) is 102 Å². The molecule has 4 rings (SSSR count). The molecule has 160 valence electrons. The van der Waals surface area contributed by atoms with Gasteiger partial charge in [-0.15, -0.1) is 0 Å². The molecule has 4 heterocycles. The lowest BCUT2D eigenvalue weighted by molar-refractivity contribution is -0.135. The monoisotopic (exact) mass is 412 g/mol. The van der Waals surface area contributed by atoms with Gasteiger partial charge in [-0.3, -0.25) is 14.2 Å². The number of pyridine rings is 1. The van der Waals surface area contributed by atoms with Gasteiger partial charge in [0, 0.05) is 38.2 Å². The van der Waals surface area contributed by atoms with E-state index in [-0.39, 0.29) is 30.0 Å². The second-order valence-electron chi connectivity index (χ2n) is 8.18. The third-order valence-electron chi connectivity index (χ3n) is 5.95. The van der Waals surface area contributed by atoms with Crippen molar-refractivity contribution in [1.29, 1.82) is 0 Å². The van der Waals surface area contributed by atoms with E-state index in [1.54, 1.807) is 15.7 Å². The maximum absolute atomic E-state index is 12.7. The van der Waals surface area contributed by atoms with E-state index in [0.717, 1.165) is 37.1 Å². The van der Waals surface area contributed by atoms with Crippen molar-refractivity contribution in [2.45, 2.75) is 58.5 Å². The molecule has 0 saturated carbocycles. The lowest BCUT2D eigenvalue weighted by Crippen LogP contribution is -2.44. The van der Waals surface area contributed by atoms with Crippen LogP contribution in [0.4, 0.5) is 5.82 Å². The van der Waals surface area contributed by atoms with Crippen molar-refractivity contribution in [3.63, 3.8) is 0 Å². The van der Waals surface area contributed by atoms with E-state index < -0.39 is 0 Å². The van der Waals surface area contributed by atoms with E-state index in [9.17, 15) is 14.4 Å². The Morgan fingerprint density at radius 3 is 2.73 bits per heavy atom. The summed E-state index contributed by atoms with van der Waals surface area (Å²) in [6.07, 6.45) is 6.74. The summed E-state index contributed by atoms with van der Waals surface area (Å²) in [5.41, 5.74) is 0.840. The van der Waals surface area contributed by atoms with E-state index in [4.69, 9.17) is 0 Å². The summed E-state index contributed by atoms with van der Waals surface area (Å²) in [5.74, 6) is 1.00. The van der Waals surface area contributed by atoms with Gasteiger partial charge in [0.15, 0.2) is 0 Å². The molecule has 2 aromatic heterocycles. The van der Waals surface area contributed by atoms with Crippen LogP contribution in [0.5, 0.6) is 0 Å². The van der Waals surface area contributed by atoms with Crippen LogP contribution in [0.2, 0.25) is 0 Å². The minimum Gasteiger partial charge on any atom is -0.341 e. The summed E-state index contributed by atoms with van der Waals surface area (Å²) in [6.45, 7) is 3.59. The van der Waals surface area contributed by atoms with Crippen molar-refractivity contribution in [3.05, 3.63) is 40.2 Å². The molecule has 9 nitrogen and oxygen atoms in total. The quantitative estimate of drug-likeness (QED) is 0.817. The van der Waals surface area contributed by atoms with Gasteiger partial charge in [0.2, 0.25) is 11.8 Å². The van der Waals surface area contributed by atoms with Crippen molar-refractivity contribution in [1.82, 2.24) is 24.2 Å². The van der Waals surface area contributed by atoms with Gasteiger partial charge in [-0.1, -0.05) is 6.42 Å². The first-order valence-electron chi connectivity index (χ1n) is 10.7. The molecule has 9 heteroatoms. The molecule has 1 N–H and O–H groups in total. The summed E-state index contributed by atoms with van der Waals surface area (Å²) in [5, 5.41) is 7.26. The molecule has 1 fully saturated rings. The van der Waals surface area contributed by atoms with Crippen LogP contribution in [0.1, 0.15) is 43.5 Å². The zero-order chi connectivity index (χ0) is 21.1. The number of anilines is 1. The Morgan fingerprint density at radius 1 is 1.17 bits per heavy atom. The highest BCUT2D eigenvalue weighted by Gasteiger charge is 2.28. The van der Waals surface area contributed by atoms with Crippen LogP contribution >= 0.6 is 0 Å². The molecule has 0 aliphatic carbocycles. The standard InChI is InChI=1S/C21H28N6O3/c1-15-6-9-22-17(13-15)23-20(29)16-7-11-25(12-8-16)19(28)14-27-21(30)26-10-4-2-3-5-18(26)24-27/h6,9,13,16H,2-5,7-8,10-12,14H2,1H3,(H,22,23,29). The Labute approximate surface area is 175 Å². The number of piperidine rings is 1. The molecule has 2 aliphatic rings. The molecule has 0 unspecified atom stereocenters. The van der Waals surface area contributed by atoms with Gasteiger partial charge >= 0.3 is 5.69 Å². The van der Waals surface area contributed by atoms with Gasteiger partial charge in [0.1, 0.15) is 18.2 Å². The van der Waals surface area contributed by atoms with Crippen LogP contribution in [0.25, 0.3) is 0 Å². The Morgan fingerprint density at radius 2 is 1.97 bits per heavy atom. The van der Waals surface area contributed by atoms with Gasteiger partial charge in [0.25, 0.3) is 0 Å². The first kappa shape index (κ1) is 20.3. The van der Waals surface area contributed by atoms with Gasteiger partial charge < -0.3 is 10.2 Å². The predicted octanol–water partition coefficient (Wildman–Crippen LogP) is 1.35. The smallest absolute Gasteiger partial charge is 0.341 e. The van der Waals surface area contributed by atoms with Crippen LogP contribution < -0.4 is 11.0 Å². The van der Waals surface area contributed by atoms with Crippen molar-refractivity contribution in [2.24, 2.45) is 5.92 Å². The number of hydrogen-bond acceptors (Lipinski definition) is 5. The molecular formula is C21H28N6O3. The van der Waals surface area contributed by atoms with E-state index >= 15 is 0 Å². The average Bonchev–Trinajstić information content (AvgIpc) is 2.90. The second-order valence-corrected chi connectivity index (χ2v) is 8.18. The SMILES string of the molecule is Cc1ccnc(NC(=O)C2CCN(C(=O)Cn3nc4n(c3=O)CCCCC4)CC2)c1. The Balaban J connectivity index is 1.31. The van der Waals surface area contributed by atoms with Crippen LogP contribution in [-0.4, -0.2) is 49.1 Å². The zero-order valence-electron chi connectivity index (χ0n) is 17.3. The van der Waals surface area contributed by atoms with Crippen LogP contribution in [0, 0.1) is 12.8 Å². The Kier molecular flexibility index (Phi) is 5.96. The lowest BCUT2D eigenvalue weighted by atomic mass is 9.96. The number of hydrogen-bond donors (Lipinski definition) is 1. The molecule has 0 aromatic carbocycles. The van der Waals surface area contributed by atoms with Crippen LogP contribution in [-0.2, 0) is 29.1 Å². The summed E-state index contributed by atoms with van der Waals surface area (Å²) in [7, 11) is 0. The molecule has 0 spiro atoms. The number of aromatic nitrogens is 4. The largest absolute Gasteiger partial charge is 0.346 e. The summed E-state index contributed by atoms with van der Waals surface area (Å²) < 4.78 is 3.00. The number of aryl methyl sites for hydroxylation is 2. The number of carbonyl (C=O) groups is 2. The molecule has 2 aliphatic heterocycles. The number of nitrogens with one attached hydrogen (secondary N) is 1. The fourth-order valence-electron chi connectivity index (χ4n) is 4.18. The second kappa shape index (κ2) is 8.81. The predicted molar refractivity (Wildman–Crippen MR) is 111 cm³/mol. The molecule has 0 bridgehead atoms. The number of nitrogens with zero attached hydrogens (tertiary/aromatic N) is 5. The molecule has 30 heavy (non-hydrogen) atoms. The maximum atomic E-state index is 12.7. The van der Waals surface area contributed by atoms with Gasteiger partial charge in [-0.05, 0) is 50.3 Å². The molecular weight excluding hydrogens is 384 g/mol. The van der Waals surface area contributed by atoms with Gasteiger partial charge in [0.05, 0.1) is 0 Å². The Hall–Kier alpha value is -2.97. The molecule has 0 atom stereocenters. The van der Waals surface area contributed by atoms with E-state index in [1.807, 2.05) is 19.1 Å². The van der Waals surface area contributed by atoms with Crippen molar-refractivity contribution >= 4 is 17.6 Å². The van der Waals surface area contributed by atoms with Gasteiger partial charge in [-0.25, -0.2) is 14.5 Å². The molecule has 1 saturated heterocycles. The van der Waals surface area contributed by atoms with E-state index in [2.05, 4.69) is 15.4 Å². The first-order chi connectivity index (χ1) is 14.5. The van der Waals surface area contributed by atoms with Gasteiger partial charge in [-0.2, -0.15) is 5.10 Å². The summed E-state index contributed by atoms with van der Waals surface area (Å²) in [6, 6.07) is 3.71. The number of rotatable bonds is 4. The van der Waals surface area contributed by atoms with Crippen LogP contribution in [0.15, 0.2) is 23.1 Å². The van der Waals surface area contributed by atoms with Crippen molar-refractivity contribution < 1.29 is 9.59 Å². The lowest BCUT2D eigenvalue weighted by Gasteiger charge is -2.31. The summed E-state index contributed by atoms with van der Waals surface area (Å²) in [4.78, 5) is 43.7. The van der Waals surface area contributed by atoms with E-state index in [1.165, 1.54) is 4.68 Å². The maximum Gasteiger partial charge on any atom is 0.346 e. The van der Waals surface area contributed by atoms with E-state index in [0.29, 0.717) is 38.3 Å². The number of likely N-dealkylation sites (tertiary alicyclic amines) is 1.